The van der Waals surface area contributed by atoms with E-state index in [-0.39, 0.29) is 5.91 Å². The first-order valence-electron chi connectivity index (χ1n) is 9.81. The third-order valence-electron chi connectivity index (χ3n) is 5.12. The summed E-state index contributed by atoms with van der Waals surface area (Å²) < 4.78 is 5.34. The van der Waals surface area contributed by atoms with E-state index in [4.69, 9.17) is 4.74 Å². The van der Waals surface area contributed by atoms with E-state index in [9.17, 15) is 4.79 Å². The lowest BCUT2D eigenvalue weighted by Crippen LogP contribution is -2.34. The predicted molar refractivity (Wildman–Crippen MR) is 113 cm³/mol. The van der Waals surface area contributed by atoms with Gasteiger partial charge in [-0.15, -0.1) is 15.3 Å². The van der Waals surface area contributed by atoms with E-state index < -0.39 is 6.10 Å². The number of pyridine rings is 1. The van der Waals surface area contributed by atoms with Crippen molar-refractivity contribution in [1.82, 2.24) is 25.4 Å². The predicted octanol–water partition coefficient (Wildman–Crippen LogP) is 2.51. The van der Waals surface area contributed by atoms with Crippen LogP contribution in [0.5, 0.6) is 0 Å². The van der Waals surface area contributed by atoms with Gasteiger partial charge in [0.25, 0.3) is 5.91 Å². The number of rotatable bonds is 7. The summed E-state index contributed by atoms with van der Waals surface area (Å²) in [5.41, 5.74) is 0.692. The van der Waals surface area contributed by atoms with Crippen molar-refractivity contribution < 1.29 is 9.53 Å². The number of carbonyl (C=O) groups excluding carboxylic acids is 1. The lowest BCUT2D eigenvalue weighted by molar-refractivity contribution is -0.126. The van der Waals surface area contributed by atoms with Crippen molar-refractivity contribution in [2.75, 3.05) is 30.4 Å². The topological polar surface area (TPSA) is 106 Å². The van der Waals surface area contributed by atoms with Crippen LogP contribution in [0, 0.1) is 5.92 Å². The molecule has 156 valence electrons. The zero-order valence-electron chi connectivity index (χ0n) is 16.6. The molecule has 10 heteroatoms. The zero-order valence-corrected chi connectivity index (χ0v) is 17.5. The summed E-state index contributed by atoms with van der Waals surface area (Å²) in [5, 5.41) is 20.8. The fourth-order valence-corrected chi connectivity index (χ4v) is 4.42. The Kier molecular flexibility index (Phi) is 6.55. The molecule has 1 aliphatic rings. The Labute approximate surface area is 178 Å². The van der Waals surface area contributed by atoms with Crippen molar-refractivity contribution in [3.8, 4) is 0 Å². The number of nitrogens with zero attached hydrogens (tertiary/aromatic N) is 6. The SMILES string of the molecule is COC(C(=O)Nc1nnc(CC2CCN(c3cccnn3)CC2)s1)c1cccnc1. The first-order valence-corrected chi connectivity index (χ1v) is 10.6. The minimum Gasteiger partial charge on any atom is -0.367 e. The number of anilines is 2. The third kappa shape index (κ3) is 4.95. The fraction of sp³-hybridized carbons (Fsp3) is 0.400. The van der Waals surface area contributed by atoms with Crippen LogP contribution in [0.4, 0.5) is 10.9 Å². The van der Waals surface area contributed by atoms with E-state index in [0.29, 0.717) is 16.6 Å². The Hall–Kier alpha value is -2.98. The second kappa shape index (κ2) is 9.68. The number of nitrogens with one attached hydrogen (secondary N) is 1. The van der Waals surface area contributed by atoms with Crippen LogP contribution in [-0.4, -0.2) is 51.5 Å². The molecule has 0 bridgehead atoms. The van der Waals surface area contributed by atoms with Gasteiger partial charge in [-0.3, -0.25) is 15.1 Å². The van der Waals surface area contributed by atoms with Crippen molar-refractivity contribution in [3.63, 3.8) is 0 Å². The van der Waals surface area contributed by atoms with Crippen LogP contribution in [0.2, 0.25) is 0 Å². The molecular formula is C20H23N7O2S. The second-order valence-electron chi connectivity index (χ2n) is 7.11. The van der Waals surface area contributed by atoms with Gasteiger partial charge in [-0.05, 0) is 37.0 Å². The summed E-state index contributed by atoms with van der Waals surface area (Å²) >= 11 is 1.41. The Morgan fingerprint density at radius 2 is 2.07 bits per heavy atom. The maximum atomic E-state index is 12.6. The molecule has 3 aromatic rings. The smallest absolute Gasteiger partial charge is 0.260 e. The van der Waals surface area contributed by atoms with Crippen molar-refractivity contribution in [2.45, 2.75) is 25.4 Å². The monoisotopic (exact) mass is 425 g/mol. The Bertz CT molecular complexity index is 946. The minimum atomic E-state index is -0.739. The summed E-state index contributed by atoms with van der Waals surface area (Å²) in [6.07, 6.45) is 7.20. The molecule has 3 aromatic heterocycles. The molecule has 4 heterocycles. The molecule has 0 saturated carbocycles. The van der Waals surface area contributed by atoms with Crippen LogP contribution in [0.1, 0.15) is 29.5 Å². The van der Waals surface area contributed by atoms with Crippen molar-refractivity contribution in [3.05, 3.63) is 53.4 Å². The van der Waals surface area contributed by atoms with Crippen LogP contribution in [-0.2, 0) is 16.0 Å². The minimum absolute atomic E-state index is 0.287. The highest BCUT2D eigenvalue weighted by Crippen LogP contribution is 2.27. The van der Waals surface area contributed by atoms with Crippen LogP contribution in [0.3, 0.4) is 0 Å². The molecule has 1 unspecified atom stereocenters. The van der Waals surface area contributed by atoms with Gasteiger partial charge in [-0.2, -0.15) is 5.10 Å². The molecule has 9 nitrogen and oxygen atoms in total. The van der Waals surface area contributed by atoms with Crippen LogP contribution in [0.15, 0.2) is 42.9 Å². The number of carbonyl (C=O) groups is 1. The van der Waals surface area contributed by atoms with Gasteiger partial charge in [0.05, 0.1) is 0 Å². The molecule has 0 aliphatic carbocycles. The quantitative estimate of drug-likeness (QED) is 0.615. The van der Waals surface area contributed by atoms with Gasteiger partial charge in [0.15, 0.2) is 11.9 Å². The zero-order chi connectivity index (χ0) is 20.8. The van der Waals surface area contributed by atoms with Crippen molar-refractivity contribution in [1.29, 1.82) is 0 Å². The largest absolute Gasteiger partial charge is 0.367 e. The standard InChI is InChI=1S/C20H23N7O2S/c1-29-18(15-4-2-8-21-13-15)19(28)23-20-26-25-17(30-20)12-14-6-10-27(11-7-14)16-5-3-9-22-24-16/h2-5,8-9,13-14,18H,6-7,10-12H2,1H3,(H,23,26,28). The molecule has 30 heavy (non-hydrogen) atoms. The van der Waals surface area contributed by atoms with Crippen LogP contribution in [0.25, 0.3) is 0 Å². The van der Waals surface area contributed by atoms with E-state index in [1.807, 2.05) is 12.1 Å². The third-order valence-corrected chi connectivity index (χ3v) is 5.98. The summed E-state index contributed by atoms with van der Waals surface area (Å²) in [6.45, 7) is 1.90. The lowest BCUT2D eigenvalue weighted by atomic mass is 9.94. The summed E-state index contributed by atoms with van der Waals surface area (Å²) in [7, 11) is 1.50. The van der Waals surface area contributed by atoms with Gasteiger partial charge in [0.2, 0.25) is 5.13 Å². The number of hydrogen-bond donors (Lipinski definition) is 1. The molecule has 1 saturated heterocycles. The van der Waals surface area contributed by atoms with Gasteiger partial charge in [0.1, 0.15) is 5.01 Å². The molecular weight excluding hydrogens is 402 g/mol. The van der Waals surface area contributed by atoms with Crippen LogP contribution < -0.4 is 10.2 Å². The van der Waals surface area contributed by atoms with E-state index in [2.05, 4.69) is 35.6 Å². The van der Waals surface area contributed by atoms with E-state index in [1.165, 1.54) is 18.4 Å². The van der Waals surface area contributed by atoms with Crippen LogP contribution >= 0.6 is 11.3 Å². The number of methoxy groups -OCH3 is 1. The average molecular weight is 426 g/mol. The van der Waals surface area contributed by atoms with Gasteiger partial charge >= 0.3 is 0 Å². The maximum Gasteiger partial charge on any atom is 0.260 e. The normalized spacial score (nSPS) is 15.7. The number of hydrogen-bond acceptors (Lipinski definition) is 9. The van der Waals surface area contributed by atoms with E-state index in [1.54, 1.807) is 30.7 Å². The highest BCUT2D eigenvalue weighted by molar-refractivity contribution is 7.15. The highest BCUT2D eigenvalue weighted by Gasteiger charge is 2.24. The molecule has 0 aromatic carbocycles. The van der Waals surface area contributed by atoms with Crippen molar-refractivity contribution >= 4 is 28.2 Å². The first kappa shape index (κ1) is 20.3. The fourth-order valence-electron chi connectivity index (χ4n) is 3.56. The number of piperidine rings is 1. The second-order valence-corrected chi connectivity index (χ2v) is 8.17. The number of ether oxygens (including phenoxy) is 1. The average Bonchev–Trinajstić information content (AvgIpc) is 3.23. The van der Waals surface area contributed by atoms with Gasteiger partial charge in [-0.25, -0.2) is 0 Å². The summed E-state index contributed by atoms with van der Waals surface area (Å²) in [6, 6.07) is 7.48. The summed E-state index contributed by atoms with van der Waals surface area (Å²) in [5.74, 6) is 1.18. The number of amides is 1. The Balaban J connectivity index is 1.30. The molecule has 0 spiro atoms. The van der Waals surface area contributed by atoms with E-state index in [0.717, 1.165) is 43.2 Å². The molecule has 1 atom stereocenters. The molecule has 1 fully saturated rings. The molecule has 4 rings (SSSR count). The molecule has 1 N–H and O–H groups in total. The first-order chi connectivity index (χ1) is 14.7. The van der Waals surface area contributed by atoms with Gasteiger partial charge in [0, 0.05) is 50.8 Å². The lowest BCUT2D eigenvalue weighted by Gasteiger charge is -2.32. The highest BCUT2D eigenvalue weighted by atomic mass is 32.1. The Morgan fingerprint density at radius 1 is 1.23 bits per heavy atom. The van der Waals surface area contributed by atoms with Crippen molar-refractivity contribution in [2.24, 2.45) is 5.92 Å². The molecule has 1 aliphatic heterocycles. The number of aromatic nitrogens is 5. The Morgan fingerprint density at radius 3 is 2.77 bits per heavy atom. The summed E-state index contributed by atoms with van der Waals surface area (Å²) in [4.78, 5) is 18.9. The maximum absolute atomic E-state index is 12.6. The molecule has 0 radical (unpaired) electrons. The van der Waals surface area contributed by atoms with E-state index >= 15 is 0 Å². The molecule has 1 amide bonds. The van der Waals surface area contributed by atoms with Gasteiger partial charge in [-0.1, -0.05) is 17.4 Å². The van der Waals surface area contributed by atoms with Gasteiger partial charge < -0.3 is 9.64 Å².